The number of hydrogen-bond donors (Lipinski definition) is 2. The molecule has 1 unspecified atom stereocenters. The lowest BCUT2D eigenvalue weighted by Crippen LogP contribution is -2.33. The molecule has 0 bridgehead atoms. The van der Waals surface area contributed by atoms with Crippen LogP contribution < -0.4 is 4.90 Å². The van der Waals surface area contributed by atoms with Crippen LogP contribution in [0.3, 0.4) is 0 Å². The van der Waals surface area contributed by atoms with Crippen LogP contribution >= 0.6 is 0 Å². The summed E-state index contributed by atoms with van der Waals surface area (Å²) in [7, 11) is 0. The Kier molecular flexibility index (Phi) is 4.49. The molecule has 0 radical (unpaired) electrons. The number of carboxylic acid groups (broad SMARTS) is 1. The Labute approximate surface area is 139 Å². The molecule has 24 heavy (non-hydrogen) atoms. The Morgan fingerprint density at radius 3 is 2.67 bits per heavy atom. The van der Waals surface area contributed by atoms with Gasteiger partial charge in [-0.25, -0.2) is 14.2 Å². The predicted molar refractivity (Wildman–Crippen MR) is 87.6 cm³/mol. The van der Waals surface area contributed by atoms with Crippen molar-refractivity contribution in [3.05, 3.63) is 59.5 Å². The van der Waals surface area contributed by atoms with Gasteiger partial charge in [0.15, 0.2) is 5.69 Å². The highest BCUT2D eigenvalue weighted by molar-refractivity contribution is 5.85. The van der Waals surface area contributed by atoms with Gasteiger partial charge in [0.2, 0.25) is 0 Å². The Morgan fingerprint density at radius 1 is 1.25 bits per heavy atom. The Bertz CT molecular complexity index is 735. The Hall–Kier alpha value is -2.47. The fraction of sp³-hybridized carbons (Fsp3) is 0.333. The van der Waals surface area contributed by atoms with E-state index in [-0.39, 0.29) is 23.5 Å². The third-order valence-electron chi connectivity index (χ3n) is 4.54. The third-order valence-corrected chi connectivity index (χ3v) is 4.54. The van der Waals surface area contributed by atoms with Crippen LogP contribution in [-0.4, -0.2) is 40.9 Å². The van der Waals surface area contributed by atoms with Crippen molar-refractivity contribution in [3.8, 4) is 0 Å². The zero-order valence-corrected chi connectivity index (χ0v) is 13.2. The number of aromatic nitrogens is 1. The number of rotatable bonds is 5. The molecule has 2 aromatic rings. The maximum atomic E-state index is 13.1. The number of halogens is 1. The van der Waals surface area contributed by atoms with Gasteiger partial charge in [0.1, 0.15) is 11.6 Å². The fourth-order valence-electron chi connectivity index (χ4n) is 3.21. The molecule has 1 aromatic heterocycles. The van der Waals surface area contributed by atoms with Crippen LogP contribution in [0.5, 0.6) is 0 Å². The molecule has 3 rings (SSSR count). The summed E-state index contributed by atoms with van der Waals surface area (Å²) in [4.78, 5) is 17.2. The van der Waals surface area contributed by atoms with Crippen molar-refractivity contribution < 1.29 is 19.4 Å². The van der Waals surface area contributed by atoms with E-state index in [1.54, 1.807) is 24.3 Å². The highest BCUT2D eigenvalue weighted by Crippen LogP contribution is 2.35. The van der Waals surface area contributed by atoms with E-state index in [9.17, 15) is 14.3 Å². The largest absolute Gasteiger partial charge is 0.477 e. The molecule has 0 aliphatic carbocycles. The summed E-state index contributed by atoms with van der Waals surface area (Å²) in [5, 5.41) is 19.0. The predicted octanol–water partition coefficient (Wildman–Crippen LogP) is 2.35. The van der Waals surface area contributed by atoms with Crippen LogP contribution in [0.15, 0.2) is 42.5 Å². The van der Waals surface area contributed by atoms with Crippen molar-refractivity contribution in [2.75, 3.05) is 24.6 Å². The molecule has 1 atom stereocenters. The first-order valence-electron chi connectivity index (χ1n) is 7.82. The van der Waals surface area contributed by atoms with Gasteiger partial charge >= 0.3 is 5.97 Å². The molecule has 5 nitrogen and oxygen atoms in total. The minimum atomic E-state index is -1.06. The van der Waals surface area contributed by atoms with Crippen LogP contribution in [0.25, 0.3) is 0 Å². The maximum absolute atomic E-state index is 13.1. The second kappa shape index (κ2) is 6.57. The quantitative estimate of drug-likeness (QED) is 0.880. The number of carboxylic acids is 1. The molecule has 1 fully saturated rings. The normalized spacial score (nSPS) is 20.3. The number of carbonyl (C=O) groups is 1. The highest BCUT2D eigenvalue weighted by Gasteiger charge is 2.38. The van der Waals surface area contributed by atoms with Gasteiger partial charge in [-0.3, -0.25) is 0 Å². The van der Waals surface area contributed by atoms with Crippen LogP contribution in [0, 0.1) is 11.2 Å². The standard InChI is InChI=1S/C18H19FN2O3/c19-14-6-4-13(5-7-14)10-18(12-22)8-9-21(11-18)16-3-1-2-15(20-16)17(23)24/h1-7,22H,8-12H2,(H,23,24). The zero-order valence-electron chi connectivity index (χ0n) is 13.2. The van der Waals surface area contributed by atoms with Crippen LogP contribution in [0.1, 0.15) is 22.5 Å². The third kappa shape index (κ3) is 3.38. The molecule has 2 heterocycles. The molecule has 1 aliphatic rings. The summed E-state index contributed by atoms with van der Waals surface area (Å²) in [5.74, 6) is -0.736. The van der Waals surface area contributed by atoms with E-state index in [0.29, 0.717) is 25.3 Å². The first-order valence-corrected chi connectivity index (χ1v) is 7.82. The van der Waals surface area contributed by atoms with Gasteiger partial charge < -0.3 is 15.1 Å². The van der Waals surface area contributed by atoms with Crippen LogP contribution in [-0.2, 0) is 6.42 Å². The van der Waals surface area contributed by atoms with E-state index < -0.39 is 5.97 Å². The fourth-order valence-corrected chi connectivity index (χ4v) is 3.21. The number of benzene rings is 1. The van der Waals surface area contributed by atoms with Crippen molar-refractivity contribution in [2.24, 2.45) is 5.41 Å². The van der Waals surface area contributed by atoms with Gasteiger partial charge in [-0.15, -0.1) is 0 Å². The highest BCUT2D eigenvalue weighted by atomic mass is 19.1. The summed E-state index contributed by atoms with van der Waals surface area (Å²) in [6.07, 6.45) is 1.40. The van der Waals surface area contributed by atoms with Gasteiger partial charge in [-0.05, 0) is 42.7 Å². The van der Waals surface area contributed by atoms with E-state index in [0.717, 1.165) is 12.0 Å². The first-order chi connectivity index (χ1) is 11.5. The summed E-state index contributed by atoms with van der Waals surface area (Å²) in [5.41, 5.74) is 0.644. The topological polar surface area (TPSA) is 73.7 Å². The van der Waals surface area contributed by atoms with E-state index in [4.69, 9.17) is 5.11 Å². The Balaban J connectivity index is 1.77. The van der Waals surface area contributed by atoms with Gasteiger partial charge in [0.25, 0.3) is 0 Å². The minimum absolute atomic E-state index is 0.00698. The number of aliphatic hydroxyl groups is 1. The number of pyridine rings is 1. The summed E-state index contributed by atoms with van der Waals surface area (Å²) >= 11 is 0. The van der Waals surface area contributed by atoms with Crippen molar-refractivity contribution in [2.45, 2.75) is 12.8 Å². The molecular formula is C18H19FN2O3. The SMILES string of the molecule is O=C(O)c1cccc(N2CCC(CO)(Cc3ccc(F)cc3)C2)n1. The molecule has 0 saturated carbocycles. The lowest BCUT2D eigenvalue weighted by molar-refractivity contribution is 0.0690. The van der Waals surface area contributed by atoms with E-state index in [1.165, 1.54) is 18.2 Å². The number of nitrogens with zero attached hydrogens (tertiary/aromatic N) is 2. The molecule has 1 saturated heterocycles. The second-order valence-electron chi connectivity index (χ2n) is 6.32. The van der Waals surface area contributed by atoms with E-state index >= 15 is 0 Å². The van der Waals surface area contributed by atoms with Gasteiger partial charge in [0, 0.05) is 18.5 Å². The van der Waals surface area contributed by atoms with Crippen LogP contribution in [0.2, 0.25) is 0 Å². The molecule has 2 N–H and O–H groups in total. The summed E-state index contributed by atoms with van der Waals surface area (Å²) in [6, 6.07) is 11.2. The smallest absolute Gasteiger partial charge is 0.354 e. The average Bonchev–Trinajstić information content (AvgIpc) is 3.02. The lowest BCUT2D eigenvalue weighted by Gasteiger charge is -2.27. The van der Waals surface area contributed by atoms with Crippen molar-refractivity contribution in [3.63, 3.8) is 0 Å². The van der Waals surface area contributed by atoms with E-state index in [1.807, 2.05) is 4.90 Å². The molecule has 0 amide bonds. The summed E-state index contributed by atoms with van der Waals surface area (Å²) in [6.45, 7) is 1.29. The lowest BCUT2D eigenvalue weighted by atomic mass is 9.81. The molecule has 6 heteroatoms. The minimum Gasteiger partial charge on any atom is -0.477 e. The number of aliphatic hydroxyl groups excluding tert-OH is 1. The van der Waals surface area contributed by atoms with E-state index in [2.05, 4.69) is 4.98 Å². The van der Waals surface area contributed by atoms with Crippen molar-refractivity contribution in [1.29, 1.82) is 0 Å². The van der Waals surface area contributed by atoms with Crippen molar-refractivity contribution in [1.82, 2.24) is 4.98 Å². The van der Waals surface area contributed by atoms with Gasteiger partial charge in [-0.2, -0.15) is 0 Å². The number of aromatic carboxylic acids is 1. The first kappa shape index (κ1) is 16.4. The van der Waals surface area contributed by atoms with Crippen molar-refractivity contribution >= 4 is 11.8 Å². The number of hydrogen-bond acceptors (Lipinski definition) is 4. The zero-order chi connectivity index (χ0) is 17.2. The monoisotopic (exact) mass is 330 g/mol. The molecule has 1 aliphatic heterocycles. The molecular weight excluding hydrogens is 311 g/mol. The van der Waals surface area contributed by atoms with Gasteiger partial charge in [-0.1, -0.05) is 18.2 Å². The average molecular weight is 330 g/mol. The second-order valence-corrected chi connectivity index (χ2v) is 6.32. The molecule has 126 valence electrons. The molecule has 0 spiro atoms. The Morgan fingerprint density at radius 2 is 2.00 bits per heavy atom. The number of anilines is 1. The van der Waals surface area contributed by atoms with Crippen LogP contribution in [0.4, 0.5) is 10.2 Å². The summed E-state index contributed by atoms with van der Waals surface area (Å²) < 4.78 is 13.1. The molecule has 1 aromatic carbocycles. The van der Waals surface area contributed by atoms with Gasteiger partial charge in [0.05, 0.1) is 6.61 Å². The maximum Gasteiger partial charge on any atom is 0.354 e.